The first-order valence-electron chi connectivity index (χ1n) is 6.48. The monoisotopic (exact) mass is 261 g/mol. The third-order valence-electron chi connectivity index (χ3n) is 2.70. The summed E-state index contributed by atoms with van der Waals surface area (Å²) in [5.41, 5.74) is 0.986. The van der Waals surface area contributed by atoms with Gasteiger partial charge in [0.15, 0.2) is 5.75 Å². The summed E-state index contributed by atoms with van der Waals surface area (Å²) in [5.74, 6) is 2.11. The second-order valence-corrected chi connectivity index (χ2v) is 4.24. The van der Waals surface area contributed by atoms with E-state index in [9.17, 15) is 0 Å². The van der Waals surface area contributed by atoms with Crippen LogP contribution in [-0.4, -0.2) is 26.3 Å². The van der Waals surface area contributed by atoms with E-state index in [4.69, 9.17) is 4.74 Å². The number of nitrogens with one attached hydrogen (secondary N) is 1. The van der Waals surface area contributed by atoms with Crippen molar-refractivity contribution in [3.05, 3.63) is 24.3 Å². The van der Waals surface area contributed by atoms with E-state index in [-0.39, 0.29) is 0 Å². The Morgan fingerprint density at radius 3 is 2.79 bits per heavy atom. The molecule has 0 saturated carbocycles. The lowest BCUT2D eigenvalue weighted by molar-refractivity contribution is 0.455. The van der Waals surface area contributed by atoms with Crippen LogP contribution in [0, 0.1) is 0 Å². The van der Waals surface area contributed by atoms with Gasteiger partial charge in [0, 0.05) is 13.6 Å². The van der Waals surface area contributed by atoms with Crippen LogP contribution in [0.1, 0.15) is 25.8 Å². The molecule has 102 valence electrons. The average Bonchev–Trinajstić information content (AvgIpc) is 2.82. The molecule has 0 unspecified atom stereocenters. The lowest BCUT2D eigenvalue weighted by atomic mass is 10.2. The van der Waals surface area contributed by atoms with Gasteiger partial charge in [-0.15, -0.1) is 0 Å². The minimum atomic E-state index is 0.587. The van der Waals surface area contributed by atoms with Gasteiger partial charge in [0.05, 0.1) is 18.0 Å². The third kappa shape index (κ3) is 3.21. The van der Waals surface area contributed by atoms with Crippen LogP contribution in [0.25, 0.3) is 0 Å². The van der Waals surface area contributed by atoms with Crippen molar-refractivity contribution in [1.82, 2.24) is 19.7 Å². The van der Waals surface area contributed by atoms with E-state index in [0.29, 0.717) is 11.6 Å². The zero-order chi connectivity index (χ0) is 13.7. The molecule has 2 rings (SSSR count). The molecule has 2 aromatic rings. The molecule has 0 amide bonds. The molecular formula is C13H19N5O. The van der Waals surface area contributed by atoms with Gasteiger partial charge in [0.1, 0.15) is 12.1 Å². The predicted molar refractivity (Wildman–Crippen MR) is 73.5 cm³/mol. The molecule has 0 spiro atoms. The summed E-state index contributed by atoms with van der Waals surface area (Å²) in [5, 5.41) is 7.37. The van der Waals surface area contributed by atoms with Gasteiger partial charge in [-0.2, -0.15) is 5.10 Å². The minimum Gasteiger partial charge on any atom is -0.435 e. The Bertz CT molecular complexity index is 538. The van der Waals surface area contributed by atoms with Crippen molar-refractivity contribution in [2.24, 2.45) is 7.05 Å². The Balaban J connectivity index is 2.24. The maximum atomic E-state index is 5.77. The highest BCUT2D eigenvalue weighted by Crippen LogP contribution is 2.26. The molecule has 1 N–H and O–H groups in total. The molecule has 0 atom stereocenters. The van der Waals surface area contributed by atoms with Crippen LogP contribution in [0.2, 0.25) is 0 Å². The number of ether oxygens (including phenoxy) is 1. The first kappa shape index (κ1) is 13.3. The van der Waals surface area contributed by atoms with E-state index in [1.54, 1.807) is 17.1 Å². The maximum Gasteiger partial charge on any atom is 0.227 e. The zero-order valence-corrected chi connectivity index (χ0v) is 11.6. The number of hydrogen-bond donors (Lipinski definition) is 1. The number of aromatic nitrogens is 4. The molecular weight excluding hydrogens is 242 g/mol. The highest BCUT2D eigenvalue weighted by molar-refractivity contribution is 5.49. The minimum absolute atomic E-state index is 0.587. The van der Waals surface area contributed by atoms with Crippen LogP contribution in [0.4, 0.5) is 5.82 Å². The van der Waals surface area contributed by atoms with Crippen LogP contribution in [-0.2, 0) is 13.5 Å². The SMILES string of the molecule is CCCNc1ncnc(Oc2cnn(C)c2)c1CC. The Morgan fingerprint density at radius 1 is 1.32 bits per heavy atom. The number of rotatable bonds is 6. The molecule has 6 heteroatoms. The fourth-order valence-electron chi connectivity index (χ4n) is 1.76. The number of hydrogen-bond acceptors (Lipinski definition) is 5. The van der Waals surface area contributed by atoms with Crippen molar-refractivity contribution in [3.8, 4) is 11.6 Å². The Hall–Kier alpha value is -2.11. The van der Waals surface area contributed by atoms with Crippen molar-refractivity contribution < 1.29 is 4.74 Å². The van der Waals surface area contributed by atoms with Crippen molar-refractivity contribution in [2.75, 3.05) is 11.9 Å². The Kier molecular flexibility index (Phi) is 4.33. The van der Waals surface area contributed by atoms with Gasteiger partial charge in [-0.1, -0.05) is 13.8 Å². The fraction of sp³-hybridized carbons (Fsp3) is 0.462. The van der Waals surface area contributed by atoms with E-state index >= 15 is 0 Å². The summed E-state index contributed by atoms with van der Waals surface area (Å²) in [6, 6.07) is 0. The smallest absolute Gasteiger partial charge is 0.227 e. The van der Waals surface area contributed by atoms with Crippen molar-refractivity contribution in [1.29, 1.82) is 0 Å². The number of anilines is 1. The van der Waals surface area contributed by atoms with Gasteiger partial charge < -0.3 is 10.1 Å². The molecule has 19 heavy (non-hydrogen) atoms. The molecule has 0 aliphatic rings. The lowest BCUT2D eigenvalue weighted by Crippen LogP contribution is -2.07. The molecule has 0 saturated heterocycles. The van der Waals surface area contributed by atoms with E-state index < -0.39 is 0 Å². The molecule has 0 radical (unpaired) electrons. The van der Waals surface area contributed by atoms with E-state index in [0.717, 1.165) is 30.8 Å². The summed E-state index contributed by atoms with van der Waals surface area (Å²) in [7, 11) is 1.85. The first-order valence-corrected chi connectivity index (χ1v) is 6.48. The van der Waals surface area contributed by atoms with Gasteiger partial charge in [0.2, 0.25) is 5.88 Å². The topological polar surface area (TPSA) is 64.9 Å². The maximum absolute atomic E-state index is 5.77. The first-order chi connectivity index (χ1) is 9.24. The summed E-state index contributed by atoms with van der Waals surface area (Å²) in [4.78, 5) is 8.48. The highest BCUT2D eigenvalue weighted by Gasteiger charge is 2.12. The molecule has 0 aromatic carbocycles. The Labute approximate surface area is 112 Å². The second-order valence-electron chi connectivity index (χ2n) is 4.24. The van der Waals surface area contributed by atoms with Crippen LogP contribution in [0.5, 0.6) is 11.6 Å². The molecule has 0 aliphatic heterocycles. The zero-order valence-electron chi connectivity index (χ0n) is 11.6. The second kappa shape index (κ2) is 6.17. The van der Waals surface area contributed by atoms with Crippen LogP contribution in [0.15, 0.2) is 18.7 Å². The quantitative estimate of drug-likeness (QED) is 0.865. The number of aryl methyl sites for hydroxylation is 1. The fourth-order valence-corrected chi connectivity index (χ4v) is 1.76. The molecule has 0 aliphatic carbocycles. The summed E-state index contributed by atoms with van der Waals surface area (Å²) in [6.07, 6.45) is 6.85. The van der Waals surface area contributed by atoms with Gasteiger partial charge in [-0.05, 0) is 12.8 Å². The third-order valence-corrected chi connectivity index (χ3v) is 2.70. The van der Waals surface area contributed by atoms with E-state index in [1.807, 2.05) is 7.05 Å². The highest BCUT2D eigenvalue weighted by atomic mass is 16.5. The molecule has 0 fully saturated rings. The molecule has 6 nitrogen and oxygen atoms in total. The van der Waals surface area contributed by atoms with E-state index in [2.05, 4.69) is 34.2 Å². The summed E-state index contributed by atoms with van der Waals surface area (Å²) in [6.45, 7) is 5.06. The van der Waals surface area contributed by atoms with Crippen molar-refractivity contribution in [3.63, 3.8) is 0 Å². The number of nitrogens with zero attached hydrogens (tertiary/aromatic N) is 4. The van der Waals surface area contributed by atoms with Gasteiger partial charge in [-0.3, -0.25) is 4.68 Å². The summed E-state index contributed by atoms with van der Waals surface area (Å²) < 4.78 is 7.46. The molecule has 2 heterocycles. The van der Waals surface area contributed by atoms with Gasteiger partial charge in [0.25, 0.3) is 0 Å². The summed E-state index contributed by atoms with van der Waals surface area (Å²) >= 11 is 0. The standard InChI is InChI=1S/C13H19N5O/c1-4-6-14-12-11(5-2)13(16-9-15-12)19-10-7-17-18(3)8-10/h7-9H,4-6H2,1-3H3,(H,14,15,16). The average molecular weight is 261 g/mol. The van der Waals surface area contributed by atoms with Crippen molar-refractivity contribution in [2.45, 2.75) is 26.7 Å². The van der Waals surface area contributed by atoms with Crippen molar-refractivity contribution >= 4 is 5.82 Å². The Morgan fingerprint density at radius 2 is 2.16 bits per heavy atom. The molecule has 2 aromatic heterocycles. The van der Waals surface area contributed by atoms with Crippen LogP contribution < -0.4 is 10.1 Å². The lowest BCUT2D eigenvalue weighted by Gasteiger charge is -2.12. The molecule has 0 bridgehead atoms. The normalized spacial score (nSPS) is 10.5. The van der Waals surface area contributed by atoms with Gasteiger partial charge >= 0.3 is 0 Å². The van der Waals surface area contributed by atoms with E-state index in [1.165, 1.54) is 6.33 Å². The largest absolute Gasteiger partial charge is 0.435 e. The van der Waals surface area contributed by atoms with Gasteiger partial charge in [-0.25, -0.2) is 9.97 Å². The van der Waals surface area contributed by atoms with Crippen LogP contribution >= 0.6 is 0 Å². The van der Waals surface area contributed by atoms with Crippen LogP contribution in [0.3, 0.4) is 0 Å². The predicted octanol–water partition coefficient (Wildman–Crippen LogP) is 2.39.